The van der Waals surface area contributed by atoms with Crippen molar-refractivity contribution in [3.05, 3.63) is 23.3 Å². The molecule has 0 saturated carbocycles. The number of amides is 1. The van der Waals surface area contributed by atoms with Gasteiger partial charge in [-0.1, -0.05) is 11.3 Å². The number of hydrogen-bond donors (Lipinski definition) is 2. The molecule has 3 N–H and O–H groups in total. The molecule has 0 saturated heterocycles. The number of thiazole rings is 1. The normalized spacial score (nSPS) is 12.2. The van der Waals surface area contributed by atoms with Crippen LogP contribution < -0.4 is 16.0 Å². The molecule has 2 rings (SSSR count). The summed E-state index contributed by atoms with van der Waals surface area (Å²) in [7, 11) is 3.72. The van der Waals surface area contributed by atoms with Crippen molar-refractivity contribution in [2.75, 3.05) is 24.7 Å². The molecule has 20 heavy (non-hydrogen) atoms. The Hall–Kier alpha value is -2.09. The molecule has 2 aromatic rings. The number of carbonyl (C=O) groups excluding carboxylic acids is 1. The van der Waals surface area contributed by atoms with E-state index in [2.05, 4.69) is 15.4 Å². The third-order valence-electron chi connectivity index (χ3n) is 2.63. The summed E-state index contributed by atoms with van der Waals surface area (Å²) in [5.74, 6) is 0.0650. The topological polar surface area (TPSA) is 89.1 Å². The molecule has 0 fully saturated rings. The molecule has 1 amide bonds. The van der Waals surface area contributed by atoms with Crippen molar-refractivity contribution in [1.29, 1.82) is 0 Å². The molecule has 0 aliphatic carbocycles. The third-order valence-corrected chi connectivity index (χ3v) is 3.87. The van der Waals surface area contributed by atoms with Crippen molar-refractivity contribution >= 4 is 28.2 Å². The smallest absolute Gasteiger partial charge is 0.265 e. The van der Waals surface area contributed by atoms with Crippen molar-refractivity contribution < 1.29 is 4.79 Å². The largest absolute Gasteiger partial charge is 0.382 e. The minimum absolute atomic E-state index is 0.0493. The molecule has 2 heterocycles. The van der Waals surface area contributed by atoms with Crippen LogP contribution in [0.3, 0.4) is 0 Å². The molecule has 0 aliphatic heterocycles. The van der Waals surface area contributed by atoms with Gasteiger partial charge in [-0.2, -0.15) is 5.10 Å². The quantitative estimate of drug-likeness (QED) is 0.851. The van der Waals surface area contributed by atoms with Gasteiger partial charge >= 0.3 is 0 Å². The molecule has 7 nitrogen and oxygen atoms in total. The van der Waals surface area contributed by atoms with Gasteiger partial charge in [-0.05, 0) is 13.0 Å². The molecule has 0 aliphatic rings. The van der Waals surface area contributed by atoms with Crippen LogP contribution in [0.4, 0.5) is 10.9 Å². The average molecular weight is 294 g/mol. The summed E-state index contributed by atoms with van der Waals surface area (Å²) in [6, 6.07) is 1.80. The molecule has 1 unspecified atom stereocenters. The van der Waals surface area contributed by atoms with E-state index in [1.54, 1.807) is 10.9 Å². The van der Waals surface area contributed by atoms with Crippen LogP contribution in [0.15, 0.2) is 18.5 Å². The number of nitrogens with two attached hydrogens (primary N) is 1. The van der Waals surface area contributed by atoms with Crippen molar-refractivity contribution in [2.45, 2.75) is 19.5 Å². The first kappa shape index (κ1) is 14.3. The lowest BCUT2D eigenvalue weighted by molar-refractivity contribution is 0.0941. The van der Waals surface area contributed by atoms with Gasteiger partial charge in [0.2, 0.25) is 0 Å². The maximum absolute atomic E-state index is 12.2. The van der Waals surface area contributed by atoms with E-state index in [0.29, 0.717) is 16.6 Å². The van der Waals surface area contributed by atoms with Gasteiger partial charge in [-0.15, -0.1) is 0 Å². The second kappa shape index (κ2) is 5.91. The van der Waals surface area contributed by atoms with Gasteiger partial charge in [-0.25, -0.2) is 4.98 Å². The number of anilines is 2. The molecule has 1 atom stereocenters. The molecule has 0 bridgehead atoms. The van der Waals surface area contributed by atoms with E-state index in [1.807, 2.05) is 38.2 Å². The van der Waals surface area contributed by atoms with E-state index in [1.165, 1.54) is 11.3 Å². The molecule has 2 aromatic heterocycles. The van der Waals surface area contributed by atoms with Crippen LogP contribution in [0.5, 0.6) is 0 Å². The number of nitrogens with zero attached hydrogens (tertiary/aromatic N) is 4. The highest BCUT2D eigenvalue weighted by molar-refractivity contribution is 7.18. The van der Waals surface area contributed by atoms with Crippen LogP contribution >= 0.6 is 11.3 Å². The van der Waals surface area contributed by atoms with E-state index in [9.17, 15) is 4.79 Å². The second-order valence-corrected chi connectivity index (χ2v) is 5.69. The summed E-state index contributed by atoms with van der Waals surface area (Å²) in [5, 5.41) is 7.72. The maximum Gasteiger partial charge on any atom is 0.265 e. The fourth-order valence-electron chi connectivity index (χ4n) is 1.70. The maximum atomic E-state index is 12.2. The van der Waals surface area contributed by atoms with Gasteiger partial charge in [-0.3, -0.25) is 9.48 Å². The minimum Gasteiger partial charge on any atom is -0.382 e. The number of carbonyl (C=O) groups is 1. The zero-order valence-electron chi connectivity index (χ0n) is 11.7. The van der Waals surface area contributed by atoms with Gasteiger partial charge in [0.15, 0.2) is 5.13 Å². The molecule has 0 spiro atoms. The van der Waals surface area contributed by atoms with Gasteiger partial charge < -0.3 is 16.0 Å². The predicted molar refractivity (Wildman–Crippen MR) is 80.0 cm³/mol. The number of rotatable bonds is 5. The lowest BCUT2D eigenvalue weighted by Gasteiger charge is -2.13. The van der Waals surface area contributed by atoms with Gasteiger partial charge in [0.1, 0.15) is 10.7 Å². The summed E-state index contributed by atoms with van der Waals surface area (Å²) in [6.45, 7) is 2.53. The van der Waals surface area contributed by atoms with E-state index in [-0.39, 0.29) is 17.8 Å². The Labute approximate surface area is 121 Å². The second-order valence-electron chi connectivity index (χ2n) is 4.71. The highest BCUT2D eigenvalue weighted by atomic mass is 32.1. The first-order valence-electron chi connectivity index (χ1n) is 6.19. The van der Waals surface area contributed by atoms with Crippen molar-refractivity contribution in [3.8, 4) is 0 Å². The van der Waals surface area contributed by atoms with Crippen molar-refractivity contribution in [2.24, 2.45) is 0 Å². The Morgan fingerprint density at radius 1 is 1.60 bits per heavy atom. The Bertz CT molecular complexity index is 577. The summed E-state index contributed by atoms with van der Waals surface area (Å²) in [4.78, 5) is 18.6. The highest BCUT2D eigenvalue weighted by Gasteiger charge is 2.18. The monoisotopic (exact) mass is 294 g/mol. The summed E-state index contributed by atoms with van der Waals surface area (Å²) < 4.78 is 1.77. The predicted octanol–water partition coefficient (Wildman–Crippen LogP) is 0.806. The standard InChI is InChI=1S/C12H18N6OS/c1-8(7-18-6-4-5-14-18)15-11(19)9-10(13)16-12(20-9)17(2)3/h4-6,8H,7,13H2,1-3H3,(H,15,19). The van der Waals surface area contributed by atoms with E-state index in [4.69, 9.17) is 5.73 Å². The fraction of sp³-hybridized carbons (Fsp3) is 0.417. The Morgan fingerprint density at radius 2 is 2.35 bits per heavy atom. The summed E-state index contributed by atoms with van der Waals surface area (Å²) in [6.07, 6.45) is 3.56. The zero-order valence-corrected chi connectivity index (χ0v) is 12.5. The Morgan fingerprint density at radius 3 is 2.90 bits per heavy atom. The van der Waals surface area contributed by atoms with E-state index >= 15 is 0 Å². The van der Waals surface area contributed by atoms with Crippen molar-refractivity contribution in [3.63, 3.8) is 0 Å². The third kappa shape index (κ3) is 3.27. The van der Waals surface area contributed by atoms with Gasteiger partial charge in [0.25, 0.3) is 5.91 Å². The molecule has 108 valence electrons. The minimum atomic E-state index is -0.201. The zero-order chi connectivity index (χ0) is 14.7. The molecule has 0 radical (unpaired) electrons. The van der Waals surface area contributed by atoms with Crippen molar-refractivity contribution in [1.82, 2.24) is 20.1 Å². The average Bonchev–Trinajstić information content (AvgIpc) is 2.98. The number of aromatic nitrogens is 3. The van der Waals surface area contributed by atoms with Crippen LogP contribution in [0, 0.1) is 0 Å². The van der Waals surface area contributed by atoms with E-state index < -0.39 is 0 Å². The van der Waals surface area contributed by atoms with Crippen LogP contribution in [0.25, 0.3) is 0 Å². The summed E-state index contributed by atoms with van der Waals surface area (Å²) in [5.41, 5.74) is 5.79. The van der Waals surface area contributed by atoms with Crippen LogP contribution in [-0.4, -0.2) is 40.8 Å². The Kier molecular flexibility index (Phi) is 4.23. The van der Waals surface area contributed by atoms with Crippen LogP contribution in [-0.2, 0) is 6.54 Å². The lowest BCUT2D eigenvalue weighted by atomic mass is 10.3. The fourth-order valence-corrected chi connectivity index (χ4v) is 2.51. The Balaban J connectivity index is 2.00. The molecular formula is C12H18N6OS. The highest BCUT2D eigenvalue weighted by Crippen LogP contribution is 2.26. The molecule has 8 heteroatoms. The summed E-state index contributed by atoms with van der Waals surface area (Å²) >= 11 is 1.28. The van der Waals surface area contributed by atoms with Gasteiger partial charge in [0, 0.05) is 32.5 Å². The number of hydrogen-bond acceptors (Lipinski definition) is 6. The first-order valence-corrected chi connectivity index (χ1v) is 7.01. The molecular weight excluding hydrogens is 276 g/mol. The van der Waals surface area contributed by atoms with E-state index in [0.717, 1.165) is 0 Å². The number of nitrogen functional groups attached to an aromatic ring is 1. The first-order chi connectivity index (χ1) is 9.47. The SMILES string of the molecule is CC(Cn1cccn1)NC(=O)c1sc(N(C)C)nc1N. The van der Waals surface area contributed by atoms with Crippen LogP contribution in [0.2, 0.25) is 0 Å². The number of nitrogens with one attached hydrogen (secondary N) is 1. The lowest BCUT2D eigenvalue weighted by Crippen LogP contribution is -2.35. The van der Waals surface area contributed by atoms with Crippen LogP contribution in [0.1, 0.15) is 16.6 Å². The van der Waals surface area contributed by atoms with Gasteiger partial charge in [0.05, 0.1) is 6.54 Å². The molecule has 0 aromatic carbocycles.